The van der Waals surface area contributed by atoms with E-state index in [1.165, 1.54) is 0 Å². The fraction of sp³-hybridized carbons (Fsp3) is 0.133. The van der Waals surface area contributed by atoms with Gasteiger partial charge in [-0.15, -0.1) is 0 Å². The van der Waals surface area contributed by atoms with Gasteiger partial charge in [0.05, 0.1) is 18.6 Å². The standard InChI is InChI=1S/C15H13BrClNO2/c1-20-12-5-2-10(3-6-12)8-15(19)18-11-4-7-14(17)13(16)9-11/h2-7,9H,8H2,1H3,(H,18,19). The van der Waals surface area contributed by atoms with Crippen LogP contribution in [0.5, 0.6) is 5.75 Å². The Morgan fingerprint density at radius 2 is 1.95 bits per heavy atom. The molecule has 0 aromatic heterocycles. The number of carbonyl (C=O) groups excluding carboxylic acids is 1. The monoisotopic (exact) mass is 353 g/mol. The van der Waals surface area contributed by atoms with Crippen molar-refractivity contribution in [2.24, 2.45) is 0 Å². The Hall–Kier alpha value is -1.52. The number of carbonyl (C=O) groups is 1. The number of amides is 1. The van der Waals surface area contributed by atoms with Crippen LogP contribution in [-0.4, -0.2) is 13.0 Å². The summed E-state index contributed by atoms with van der Waals surface area (Å²) in [5.74, 6) is 0.695. The van der Waals surface area contributed by atoms with Crippen LogP contribution in [0.15, 0.2) is 46.9 Å². The summed E-state index contributed by atoms with van der Waals surface area (Å²) in [5, 5.41) is 3.44. The molecular formula is C15H13BrClNO2. The number of hydrogen-bond donors (Lipinski definition) is 1. The van der Waals surface area contributed by atoms with Gasteiger partial charge in [0.1, 0.15) is 5.75 Å². The number of benzene rings is 2. The second kappa shape index (κ2) is 6.77. The number of halogens is 2. The van der Waals surface area contributed by atoms with Gasteiger partial charge in [-0.1, -0.05) is 23.7 Å². The second-order valence-corrected chi connectivity index (χ2v) is 5.46. The molecule has 1 amide bonds. The van der Waals surface area contributed by atoms with Gasteiger partial charge in [-0.25, -0.2) is 0 Å². The average molecular weight is 355 g/mol. The summed E-state index contributed by atoms with van der Waals surface area (Å²) in [5.41, 5.74) is 1.64. The number of nitrogens with one attached hydrogen (secondary N) is 1. The van der Waals surface area contributed by atoms with Crippen molar-refractivity contribution in [3.8, 4) is 5.75 Å². The normalized spacial score (nSPS) is 10.2. The molecule has 0 saturated heterocycles. The van der Waals surface area contributed by atoms with Gasteiger partial charge in [-0.2, -0.15) is 0 Å². The lowest BCUT2D eigenvalue weighted by Gasteiger charge is -2.07. The van der Waals surface area contributed by atoms with E-state index < -0.39 is 0 Å². The van der Waals surface area contributed by atoms with Gasteiger partial charge in [0.25, 0.3) is 0 Å². The van der Waals surface area contributed by atoms with Crippen molar-refractivity contribution in [1.82, 2.24) is 0 Å². The van der Waals surface area contributed by atoms with Crippen LogP contribution in [0.1, 0.15) is 5.56 Å². The largest absolute Gasteiger partial charge is 0.497 e. The number of methoxy groups -OCH3 is 1. The van der Waals surface area contributed by atoms with Crippen molar-refractivity contribution in [3.63, 3.8) is 0 Å². The molecule has 0 heterocycles. The van der Waals surface area contributed by atoms with E-state index in [0.29, 0.717) is 17.1 Å². The number of rotatable bonds is 4. The fourth-order valence-electron chi connectivity index (χ4n) is 1.71. The molecule has 0 aliphatic rings. The Balaban J connectivity index is 1.99. The van der Waals surface area contributed by atoms with Gasteiger partial charge in [0.15, 0.2) is 0 Å². The van der Waals surface area contributed by atoms with E-state index in [1.54, 1.807) is 25.3 Å². The smallest absolute Gasteiger partial charge is 0.228 e. The van der Waals surface area contributed by atoms with Crippen LogP contribution in [-0.2, 0) is 11.2 Å². The molecule has 0 fully saturated rings. The minimum absolute atomic E-state index is 0.0793. The minimum Gasteiger partial charge on any atom is -0.497 e. The third-order valence-corrected chi connectivity index (χ3v) is 3.94. The molecule has 0 atom stereocenters. The summed E-state index contributed by atoms with van der Waals surface area (Å²) in [6, 6.07) is 12.7. The lowest BCUT2D eigenvalue weighted by atomic mass is 10.1. The predicted molar refractivity (Wildman–Crippen MR) is 84.5 cm³/mol. The summed E-state index contributed by atoms with van der Waals surface area (Å²) in [4.78, 5) is 11.9. The summed E-state index contributed by atoms with van der Waals surface area (Å²) in [6.45, 7) is 0. The van der Waals surface area contributed by atoms with Crippen LogP contribution in [0.4, 0.5) is 5.69 Å². The van der Waals surface area contributed by atoms with Crippen molar-refractivity contribution in [1.29, 1.82) is 0 Å². The average Bonchev–Trinajstić information content (AvgIpc) is 2.44. The maximum atomic E-state index is 11.9. The molecule has 2 rings (SSSR count). The van der Waals surface area contributed by atoms with Crippen LogP contribution in [0.2, 0.25) is 5.02 Å². The fourth-order valence-corrected chi connectivity index (χ4v) is 2.20. The summed E-state index contributed by atoms with van der Waals surface area (Å²) in [7, 11) is 1.61. The third-order valence-electron chi connectivity index (χ3n) is 2.73. The van der Waals surface area contributed by atoms with Crippen molar-refractivity contribution in [2.45, 2.75) is 6.42 Å². The molecule has 0 aliphatic heterocycles. The molecule has 1 N–H and O–H groups in total. The van der Waals surface area contributed by atoms with Crippen molar-refractivity contribution in [2.75, 3.05) is 12.4 Å². The molecule has 0 saturated carbocycles. The second-order valence-electron chi connectivity index (χ2n) is 4.20. The maximum absolute atomic E-state index is 11.9. The molecular weight excluding hydrogens is 342 g/mol. The Morgan fingerprint density at radius 3 is 2.55 bits per heavy atom. The van der Waals surface area contributed by atoms with Crippen molar-refractivity contribution in [3.05, 3.63) is 57.5 Å². The lowest BCUT2D eigenvalue weighted by Crippen LogP contribution is -2.14. The molecule has 0 aliphatic carbocycles. The molecule has 0 unspecified atom stereocenters. The molecule has 20 heavy (non-hydrogen) atoms. The maximum Gasteiger partial charge on any atom is 0.228 e. The summed E-state index contributed by atoms with van der Waals surface area (Å²) >= 11 is 9.23. The zero-order valence-corrected chi connectivity index (χ0v) is 13.2. The lowest BCUT2D eigenvalue weighted by molar-refractivity contribution is -0.115. The van der Waals surface area contributed by atoms with Gasteiger partial charge in [0.2, 0.25) is 5.91 Å². The number of ether oxygens (including phenoxy) is 1. The SMILES string of the molecule is COc1ccc(CC(=O)Nc2ccc(Cl)c(Br)c2)cc1. The Kier molecular flexibility index (Phi) is 5.04. The van der Waals surface area contributed by atoms with Crippen LogP contribution >= 0.6 is 27.5 Å². The first-order valence-corrected chi connectivity index (χ1v) is 7.13. The van der Waals surface area contributed by atoms with Gasteiger partial charge in [-0.05, 0) is 51.8 Å². The quantitative estimate of drug-likeness (QED) is 0.889. The first-order chi connectivity index (χ1) is 9.58. The highest BCUT2D eigenvalue weighted by Crippen LogP contribution is 2.25. The molecule has 2 aromatic rings. The Bertz CT molecular complexity index is 614. The highest BCUT2D eigenvalue weighted by atomic mass is 79.9. The molecule has 5 heteroatoms. The molecule has 0 radical (unpaired) electrons. The predicted octanol–water partition coefficient (Wildman–Crippen LogP) is 4.29. The molecule has 3 nitrogen and oxygen atoms in total. The van der Waals surface area contributed by atoms with E-state index in [2.05, 4.69) is 21.2 Å². The number of anilines is 1. The van der Waals surface area contributed by atoms with Gasteiger partial charge < -0.3 is 10.1 Å². The van der Waals surface area contributed by atoms with Crippen LogP contribution in [0, 0.1) is 0 Å². The van der Waals surface area contributed by atoms with Gasteiger partial charge >= 0.3 is 0 Å². The van der Waals surface area contributed by atoms with Crippen LogP contribution in [0.3, 0.4) is 0 Å². The first kappa shape index (κ1) is 14.9. The van der Waals surface area contributed by atoms with E-state index in [0.717, 1.165) is 15.8 Å². The Labute approximate surface area is 131 Å². The Morgan fingerprint density at radius 1 is 1.25 bits per heavy atom. The third kappa shape index (κ3) is 3.99. The highest BCUT2D eigenvalue weighted by molar-refractivity contribution is 9.10. The van der Waals surface area contributed by atoms with E-state index >= 15 is 0 Å². The summed E-state index contributed by atoms with van der Waals surface area (Å²) < 4.78 is 5.83. The van der Waals surface area contributed by atoms with Crippen LogP contribution in [0.25, 0.3) is 0 Å². The highest BCUT2D eigenvalue weighted by Gasteiger charge is 2.06. The van der Waals surface area contributed by atoms with E-state index in [4.69, 9.17) is 16.3 Å². The molecule has 0 bridgehead atoms. The van der Waals surface area contributed by atoms with Gasteiger partial charge in [-0.3, -0.25) is 4.79 Å². The van der Waals surface area contributed by atoms with Crippen LogP contribution < -0.4 is 10.1 Å². The van der Waals surface area contributed by atoms with Crippen molar-refractivity contribution >= 4 is 39.1 Å². The van der Waals surface area contributed by atoms with Gasteiger partial charge in [0, 0.05) is 10.2 Å². The van der Waals surface area contributed by atoms with E-state index in [9.17, 15) is 4.79 Å². The first-order valence-electron chi connectivity index (χ1n) is 5.96. The van der Waals surface area contributed by atoms with E-state index in [1.807, 2.05) is 24.3 Å². The van der Waals surface area contributed by atoms with E-state index in [-0.39, 0.29) is 5.91 Å². The molecule has 104 valence electrons. The molecule has 0 spiro atoms. The minimum atomic E-state index is -0.0793. The zero-order valence-electron chi connectivity index (χ0n) is 10.8. The topological polar surface area (TPSA) is 38.3 Å². The zero-order chi connectivity index (χ0) is 14.5. The van der Waals surface area contributed by atoms with Crippen molar-refractivity contribution < 1.29 is 9.53 Å². The molecule has 2 aromatic carbocycles. The summed E-state index contributed by atoms with van der Waals surface area (Å²) in [6.07, 6.45) is 0.310. The number of hydrogen-bond acceptors (Lipinski definition) is 2.